The van der Waals surface area contributed by atoms with Crippen molar-refractivity contribution in [2.24, 2.45) is 5.92 Å². The normalized spacial score (nSPS) is 24.5. The monoisotopic (exact) mass is 206 g/mol. The van der Waals surface area contributed by atoms with Gasteiger partial charge in [-0.3, -0.25) is 4.79 Å². The van der Waals surface area contributed by atoms with Gasteiger partial charge in [0.25, 0.3) is 0 Å². The van der Waals surface area contributed by atoms with Crippen molar-refractivity contribution in [1.29, 1.82) is 0 Å². The molecule has 0 saturated heterocycles. The van der Waals surface area contributed by atoms with Gasteiger partial charge in [0, 0.05) is 6.42 Å². The highest BCUT2D eigenvalue weighted by molar-refractivity contribution is 5.93. The van der Waals surface area contributed by atoms with Gasteiger partial charge in [0.2, 0.25) is 0 Å². The van der Waals surface area contributed by atoms with Crippen LogP contribution in [0.4, 0.5) is 0 Å². The molecule has 0 aliphatic heterocycles. The summed E-state index contributed by atoms with van der Waals surface area (Å²) in [4.78, 5) is 11.5. The molecule has 1 aliphatic carbocycles. The van der Waals surface area contributed by atoms with Gasteiger partial charge in [-0.25, -0.2) is 0 Å². The molecule has 0 aromatic carbocycles. The molecule has 0 aromatic rings. The SMILES string of the molecule is CCCC=C1C(C)=CC(=O)CC1CCC. The summed E-state index contributed by atoms with van der Waals surface area (Å²) >= 11 is 0. The van der Waals surface area contributed by atoms with Crippen LogP contribution in [-0.4, -0.2) is 5.78 Å². The average Bonchev–Trinajstić information content (AvgIpc) is 2.17. The van der Waals surface area contributed by atoms with Gasteiger partial charge in [0.05, 0.1) is 0 Å². The van der Waals surface area contributed by atoms with Crippen molar-refractivity contribution in [3.63, 3.8) is 0 Å². The molecule has 84 valence electrons. The van der Waals surface area contributed by atoms with Crippen LogP contribution < -0.4 is 0 Å². The molecule has 0 amide bonds. The zero-order valence-electron chi connectivity index (χ0n) is 10.2. The van der Waals surface area contributed by atoms with Gasteiger partial charge in [-0.15, -0.1) is 0 Å². The number of carbonyl (C=O) groups excluding carboxylic acids is 1. The van der Waals surface area contributed by atoms with E-state index in [1.54, 1.807) is 0 Å². The maximum absolute atomic E-state index is 11.5. The van der Waals surface area contributed by atoms with E-state index in [9.17, 15) is 4.79 Å². The second kappa shape index (κ2) is 5.89. The lowest BCUT2D eigenvalue weighted by atomic mass is 9.80. The topological polar surface area (TPSA) is 17.1 Å². The molecule has 0 aromatic heterocycles. The van der Waals surface area contributed by atoms with E-state index >= 15 is 0 Å². The predicted molar refractivity (Wildman–Crippen MR) is 64.8 cm³/mol. The predicted octanol–water partition coefficient (Wildman–Crippen LogP) is 4.05. The van der Waals surface area contributed by atoms with Crippen LogP contribution in [0.3, 0.4) is 0 Å². The molecule has 0 saturated carbocycles. The van der Waals surface area contributed by atoms with Crippen molar-refractivity contribution in [3.8, 4) is 0 Å². The first-order valence-electron chi connectivity index (χ1n) is 6.10. The number of allylic oxidation sites excluding steroid dienone is 4. The summed E-state index contributed by atoms with van der Waals surface area (Å²) in [5.74, 6) is 0.790. The van der Waals surface area contributed by atoms with Gasteiger partial charge in [-0.1, -0.05) is 32.8 Å². The van der Waals surface area contributed by atoms with E-state index in [1.807, 2.05) is 6.08 Å². The van der Waals surface area contributed by atoms with Crippen LogP contribution in [-0.2, 0) is 4.79 Å². The van der Waals surface area contributed by atoms with E-state index in [4.69, 9.17) is 0 Å². The highest BCUT2D eigenvalue weighted by Gasteiger charge is 2.22. The number of hydrogen-bond donors (Lipinski definition) is 0. The van der Waals surface area contributed by atoms with E-state index in [1.165, 1.54) is 17.6 Å². The van der Waals surface area contributed by atoms with Gasteiger partial charge in [-0.05, 0) is 42.9 Å². The van der Waals surface area contributed by atoms with Gasteiger partial charge < -0.3 is 0 Å². The summed E-state index contributed by atoms with van der Waals surface area (Å²) in [7, 11) is 0. The van der Waals surface area contributed by atoms with Crippen LogP contribution in [0.1, 0.15) is 52.9 Å². The second-order valence-corrected chi connectivity index (χ2v) is 4.43. The lowest BCUT2D eigenvalue weighted by Gasteiger charge is -2.24. The summed E-state index contributed by atoms with van der Waals surface area (Å²) in [5, 5.41) is 0. The number of unbranched alkanes of at least 4 members (excludes halogenated alkanes) is 1. The molecule has 1 aliphatic rings. The number of rotatable bonds is 4. The molecule has 1 unspecified atom stereocenters. The average molecular weight is 206 g/mol. The van der Waals surface area contributed by atoms with Crippen molar-refractivity contribution >= 4 is 5.78 Å². The van der Waals surface area contributed by atoms with E-state index in [-0.39, 0.29) is 0 Å². The Hall–Kier alpha value is -0.850. The highest BCUT2D eigenvalue weighted by Crippen LogP contribution is 2.31. The zero-order valence-corrected chi connectivity index (χ0v) is 10.2. The fourth-order valence-corrected chi connectivity index (χ4v) is 2.29. The molecule has 0 heterocycles. The molecule has 15 heavy (non-hydrogen) atoms. The molecular formula is C14H22O. The van der Waals surface area contributed by atoms with Gasteiger partial charge in [0.1, 0.15) is 0 Å². The summed E-state index contributed by atoms with van der Waals surface area (Å²) in [5.41, 5.74) is 2.62. The molecule has 0 bridgehead atoms. The van der Waals surface area contributed by atoms with Gasteiger partial charge >= 0.3 is 0 Å². The Bertz CT molecular complexity index is 284. The first kappa shape index (κ1) is 12.2. The summed E-state index contributed by atoms with van der Waals surface area (Å²) in [6.45, 7) is 6.45. The maximum Gasteiger partial charge on any atom is 0.156 e. The first-order chi connectivity index (χ1) is 7.19. The second-order valence-electron chi connectivity index (χ2n) is 4.43. The molecule has 1 rings (SSSR count). The minimum atomic E-state index is 0.305. The Morgan fingerprint density at radius 1 is 1.40 bits per heavy atom. The number of ketones is 1. The van der Waals surface area contributed by atoms with Crippen LogP contribution in [0.2, 0.25) is 0 Å². The van der Waals surface area contributed by atoms with E-state index in [0.717, 1.165) is 25.7 Å². The van der Waals surface area contributed by atoms with Crippen LogP contribution in [0.15, 0.2) is 23.3 Å². The van der Waals surface area contributed by atoms with Crippen molar-refractivity contribution in [2.75, 3.05) is 0 Å². The van der Waals surface area contributed by atoms with Gasteiger partial charge in [-0.2, -0.15) is 0 Å². The molecule has 0 fully saturated rings. The molecule has 0 spiro atoms. The smallest absolute Gasteiger partial charge is 0.156 e. The minimum Gasteiger partial charge on any atom is -0.295 e. The maximum atomic E-state index is 11.5. The number of carbonyl (C=O) groups is 1. The largest absolute Gasteiger partial charge is 0.295 e. The van der Waals surface area contributed by atoms with Crippen molar-refractivity contribution in [2.45, 2.75) is 52.9 Å². The first-order valence-corrected chi connectivity index (χ1v) is 6.10. The van der Waals surface area contributed by atoms with Crippen LogP contribution in [0.25, 0.3) is 0 Å². The lowest BCUT2D eigenvalue weighted by Crippen LogP contribution is -2.16. The van der Waals surface area contributed by atoms with Crippen molar-refractivity contribution < 1.29 is 4.79 Å². The van der Waals surface area contributed by atoms with Crippen molar-refractivity contribution in [3.05, 3.63) is 23.3 Å². The molecule has 0 radical (unpaired) electrons. The fraction of sp³-hybridized carbons (Fsp3) is 0.643. The summed E-state index contributed by atoms with van der Waals surface area (Å²) < 4.78 is 0. The fourth-order valence-electron chi connectivity index (χ4n) is 2.29. The lowest BCUT2D eigenvalue weighted by molar-refractivity contribution is -0.115. The summed E-state index contributed by atoms with van der Waals surface area (Å²) in [6.07, 6.45) is 9.49. The highest BCUT2D eigenvalue weighted by atomic mass is 16.1. The third kappa shape index (κ3) is 3.33. The van der Waals surface area contributed by atoms with E-state index < -0.39 is 0 Å². The van der Waals surface area contributed by atoms with Crippen molar-refractivity contribution in [1.82, 2.24) is 0 Å². The summed E-state index contributed by atoms with van der Waals surface area (Å²) in [6, 6.07) is 0. The molecule has 1 nitrogen and oxygen atoms in total. The molecule has 0 N–H and O–H groups in total. The molecule has 1 heteroatoms. The third-order valence-corrected chi connectivity index (χ3v) is 3.01. The van der Waals surface area contributed by atoms with Gasteiger partial charge in [0.15, 0.2) is 5.78 Å². The minimum absolute atomic E-state index is 0.305. The Kier molecular flexibility index (Phi) is 4.80. The number of hydrogen-bond acceptors (Lipinski definition) is 1. The van der Waals surface area contributed by atoms with E-state index in [2.05, 4.69) is 26.8 Å². The molecular weight excluding hydrogens is 184 g/mol. The molecule has 1 atom stereocenters. The van der Waals surface area contributed by atoms with Crippen LogP contribution >= 0.6 is 0 Å². The Labute approximate surface area is 93.3 Å². The Morgan fingerprint density at radius 2 is 2.13 bits per heavy atom. The van der Waals surface area contributed by atoms with Crippen LogP contribution in [0.5, 0.6) is 0 Å². The van der Waals surface area contributed by atoms with Crippen LogP contribution in [0, 0.1) is 5.92 Å². The standard InChI is InChI=1S/C14H22O/c1-4-6-8-14-11(3)9-13(15)10-12(14)7-5-2/h8-9,12H,4-7,10H2,1-3H3. The quantitative estimate of drug-likeness (QED) is 0.678. The Balaban J connectivity index is 2.85. The third-order valence-electron chi connectivity index (χ3n) is 3.01. The zero-order chi connectivity index (χ0) is 11.3. The van der Waals surface area contributed by atoms with E-state index in [0.29, 0.717) is 11.7 Å². The Morgan fingerprint density at radius 3 is 2.73 bits per heavy atom.